The van der Waals surface area contributed by atoms with Crippen LogP contribution in [0.4, 0.5) is 5.69 Å². The summed E-state index contributed by atoms with van der Waals surface area (Å²) in [4.78, 5) is 4.11. The number of anilines is 1. The lowest BCUT2D eigenvalue weighted by atomic mass is 9.82. The zero-order valence-corrected chi connectivity index (χ0v) is 10.6. The minimum absolute atomic E-state index is 0.0214. The van der Waals surface area contributed by atoms with Crippen molar-refractivity contribution in [2.45, 2.75) is 18.8 Å². The van der Waals surface area contributed by atoms with Gasteiger partial charge in [0.05, 0.1) is 12.0 Å². The first-order valence-corrected chi connectivity index (χ1v) is 6.47. The van der Waals surface area contributed by atoms with E-state index >= 15 is 0 Å². The summed E-state index contributed by atoms with van der Waals surface area (Å²) in [5.74, 6) is 0.405. The van der Waals surface area contributed by atoms with E-state index < -0.39 is 0 Å². The van der Waals surface area contributed by atoms with Gasteiger partial charge in [-0.05, 0) is 41.8 Å². The Morgan fingerprint density at radius 3 is 3.11 bits per heavy atom. The molecule has 0 spiro atoms. The number of rotatable bonds is 1. The predicted octanol–water partition coefficient (Wildman–Crippen LogP) is 3.39. The third kappa shape index (κ3) is 2.17. The number of pyridine rings is 1. The van der Waals surface area contributed by atoms with E-state index in [1.54, 1.807) is 12.4 Å². The van der Waals surface area contributed by atoms with Crippen LogP contribution in [0.5, 0.6) is 0 Å². The fourth-order valence-corrected chi connectivity index (χ4v) is 2.74. The van der Waals surface area contributed by atoms with Crippen molar-refractivity contribution in [1.82, 2.24) is 4.98 Å². The van der Waals surface area contributed by atoms with Crippen LogP contribution in [0, 0.1) is 17.2 Å². The number of allylic oxidation sites excluding steroid dienone is 2. The molecular formula is C16H15N3. The predicted molar refractivity (Wildman–Crippen MR) is 76.4 cm³/mol. The number of aromatic nitrogens is 1. The van der Waals surface area contributed by atoms with Crippen molar-refractivity contribution >= 4 is 16.5 Å². The van der Waals surface area contributed by atoms with Crippen LogP contribution in [-0.2, 0) is 0 Å². The Morgan fingerprint density at radius 2 is 2.26 bits per heavy atom. The first-order valence-electron chi connectivity index (χ1n) is 6.47. The largest absolute Gasteiger partial charge is 0.398 e. The second-order valence-electron chi connectivity index (χ2n) is 5.04. The van der Waals surface area contributed by atoms with E-state index in [2.05, 4.69) is 23.2 Å². The van der Waals surface area contributed by atoms with Crippen LogP contribution in [0.25, 0.3) is 10.8 Å². The summed E-state index contributed by atoms with van der Waals surface area (Å²) in [6, 6.07) is 8.51. The lowest BCUT2D eigenvalue weighted by molar-refractivity contribution is 0.555. The molecule has 0 fully saturated rings. The number of hydrogen-bond donors (Lipinski definition) is 1. The van der Waals surface area contributed by atoms with Crippen LogP contribution in [0.1, 0.15) is 24.3 Å². The summed E-state index contributed by atoms with van der Waals surface area (Å²) >= 11 is 0. The van der Waals surface area contributed by atoms with Gasteiger partial charge in [0.1, 0.15) is 0 Å². The van der Waals surface area contributed by atoms with Gasteiger partial charge in [0.15, 0.2) is 0 Å². The highest BCUT2D eigenvalue weighted by Gasteiger charge is 2.20. The maximum Gasteiger partial charge on any atom is 0.0697 e. The molecule has 94 valence electrons. The van der Waals surface area contributed by atoms with Crippen LogP contribution in [0.15, 0.2) is 42.7 Å². The SMILES string of the molecule is N#CC1C=CCC(c2cc(N)c3cnccc3c2)C1. The first-order chi connectivity index (χ1) is 9.28. The van der Waals surface area contributed by atoms with E-state index in [0.29, 0.717) is 5.92 Å². The highest BCUT2D eigenvalue weighted by molar-refractivity contribution is 5.92. The zero-order chi connectivity index (χ0) is 13.2. The Hall–Kier alpha value is -2.34. The molecule has 0 saturated heterocycles. The number of nitrogen functional groups attached to an aromatic ring is 1. The Kier molecular flexibility index (Phi) is 2.92. The highest BCUT2D eigenvalue weighted by atomic mass is 14.6. The number of nitriles is 1. The van der Waals surface area contributed by atoms with E-state index in [0.717, 1.165) is 29.3 Å². The quantitative estimate of drug-likeness (QED) is 0.622. The third-order valence-corrected chi connectivity index (χ3v) is 3.77. The van der Waals surface area contributed by atoms with Gasteiger partial charge in [-0.2, -0.15) is 5.26 Å². The highest BCUT2D eigenvalue weighted by Crippen LogP contribution is 2.35. The Labute approximate surface area is 112 Å². The molecule has 2 N–H and O–H groups in total. The molecule has 1 aliphatic carbocycles. The topological polar surface area (TPSA) is 62.7 Å². The summed E-state index contributed by atoms with van der Waals surface area (Å²) < 4.78 is 0. The summed E-state index contributed by atoms with van der Waals surface area (Å²) in [6.45, 7) is 0. The molecule has 1 aromatic heterocycles. The van der Waals surface area contributed by atoms with Gasteiger partial charge in [-0.25, -0.2) is 0 Å². The van der Waals surface area contributed by atoms with Gasteiger partial charge in [0.25, 0.3) is 0 Å². The monoisotopic (exact) mass is 249 g/mol. The molecular weight excluding hydrogens is 234 g/mol. The lowest BCUT2D eigenvalue weighted by Crippen LogP contribution is -2.09. The third-order valence-electron chi connectivity index (χ3n) is 3.77. The van der Waals surface area contributed by atoms with Crippen LogP contribution in [0.3, 0.4) is 0 Å². The van der Waals surface area contributed by atoms with Gasteiger partial charge in [0.2, 0.25) is 0 Å². The van der Waals surface area contributed by atoms with Crippen LogP contribution in [0.2, 0.25) is 0 Å². The molecule has 1 heterocycles. The molecule has 19 heavy (non-hydrogen) atoms. The van der Waals surface area contributed by atoms with Crippen molar-refractivity contribution < 1.29 is 0 Å². The van der Waals surface area contributed by atoms with Gasteiger partial charge >= 0.3 is 0 Å². The van der Waals surface area contributed by atoms with E-state index in [4.69, 9.17) is 11.0 Å². The Bertz CT molecular complexity index is 682. The van der Waals surface area contributed by atoms with E-state index in [-0.39, 0.29) is 5.92 Å². The molecule has 0 saturated carbocycles. The van der Waals surface area contributed by atoms with Gasteiger partial charge in [-0.1, -0.05) is 18.2 Å². The Balaban J connectivity index is 2.02. The average molecular weight is 249 g/mol. The summed E-state index contributed by atoms with van der Waals surface area (Å²) in [5.41, 5.74) is 8.10. The molecule has 1 aromatic carbocycles. The van der Waals surface area contributed by atoms with E-state index in [9.17, 15) is 0 Å². The number of nitrogens with two attached hydrogens (primary N) is 1. The van der Waals surface area contributed by atoms with Gasteiger partial charge in [-0.15, -0.1) is 0 Å². The summed E-state index contributed by atoms with van der Waals surface area (Å²) in [6.07, 6.45) is 9.55. The molecule has 0 amide bonds. The number of hydrogen-bond acceptors (Lipinski definition) is 3. The molecule has 1 aliphatic rings. The molecule has 3 heteroatoms. The molecule has 0 aliphatic heterocycles. The normalized spacial score (nSPS) is 22.3. The van der Waals surface area contributed by atoms with Gasteiger partial charge in [0, 0.05) is 23.5 Å². The molecule has 3 nitrogen and oxygen atoms in total. The van der Waals surface area contributed by atoms with E-state index in [1.807, 2.05) is 18.2 Å². The lowest BCUT2D eigenvalue weighted by Gasteiger charge is -2.22. The minimum atomic E-state index is 0.0214. The summed E-state index contributed by atoms with van der Waals surface area (Å²) in [5, 5.41) is 11.2. The van der Waals surface area contributed by atoms with Crippen LogP contribution < -0.4 is 5.73 Å². The standard InChI is InChI=1S/C16H15N3/c17-9-11-2-1-3-12(6-11)14-7-13-4-5-19-10-15(13)16(18)8-14/h1-2,4-5,7-8,10-12H,3,6,18H2. The number of fused-ring (bicyclic) bond motifs is 1. The van der Waals surface area contributed by atoms with Crippen LogP contribution >= 0.6 is 0 Å². The molecule has 3 rings (SSSR count). The maximum atomic E-state index is 9.05. The zero-order valence-electron chi connectivity index (χ0n) is 10.6. The van der Waals surface area contributed by atoms with Crippen molar-refractivity contribution in [2.75, 3.05) is 5.73 Å². The van der Waals surface area contributed by atoms with Crippen molar-refractivity contribution in [2.24, 2.45) is 5.92 Å². The maximum absolute atomic E-state index is 9.05. The summed E-state index contributed by atoms with van der Waals surface area (Å²) in [7, 11) is 0. The molecule has 0 radical (unpaired) electrons. The van der Waals surface area contributed by atoms with Gasteiger partial charge < -0.3 is 5.73 Å². The molecule has 2 unspecified atom stereocenters. The van der Waals surface area contributed by atoms with Crippen molar-refractivity contribution in [3.63, 3.8) is 0 Å². The molecule has 2 aromatic rings. The van der Waals surface area contributed by atoms with E-state index in [1.165, 1.54) is 5.56 Å². The van der Waals surface area contributed by atoms with Crippen molar-refractivity contribution in [3.05, 3.63) is 48.3 Å². The first kappa shape index (κ1) is 11.7. The second kappa shape index (κ2) is 4.74. The minimum Gasteiger partial charge on any atom is -0.398 e. The fourth-order valence-electron chi connectivity index (χ4n) is 2.74. The molecule has 0 bridgehead atoms. The second-order valence-corrected chi connectivity index (χ2v) is 5.04. The Morgan fingerprint density at radius 1 is 1.37 bits per heavy atom. The average Bonchev–Trinajstić information content (AvgIpc) is 2.47. The fraction of sp³-hybridized carbons (Fsp3) is 0.250. The number of benzene rings is 1. The van der Waals surface area contributed by atoms with Crippen molar-refractivity contribution in [1.29, 1.82) is 5.26 Å². The van der Waals surface area contributed by atoms with Crippen molar-refractivity contribution in [3.8, 4) is 6.07 Å². The van der Waals surface area contributed by atoms with Crippen LogP contribution in [-0.4, -0.2) is 4.98 Å². The van der Waals surface area contributed by atoms with Gasteiger partial charge in [-0.3, -0.25) is 4.98 Å². The smallest absolute Gasteiger partial charge is 0.0697 e. The number of nitrogens with zero attached hydrogens (tertiary/aromatic N) is 2. The molecule has 2 atom stereocenters.